The van der Waals surface area contributed by atoms with E-state index in [9.17, 15) is 17.6 Å². The van der Waals surface area contributed by atoms with Gasteiger partial charge < -0.3 is 14.0 Å². The van der Waals surface area contributed by atoms with E-state index in [-0.39, 0.29) is 4.90 Å². The van der Waals surface area contributed by atoms with E-state index in [1.807, 2.05) is 16.9 Å². The Morgan fingerprint density at radius 2 is 1.81 bits per heavy atom. The van der Waals surface area contributed by atoms with Crippen molar-refractivity contribution in [2.75, 3.05) is 32.0 Å². The number of methoxy groups -OCH3 is 2. The van der Waals surface area contributed by atoms with Gasteiger partial charge in [-0.3, -0.25) is 4.79 Å². The van der Waals surface area contributed by atoms with E-state index in [2.05, 4.69) is 4.99 Å². The zero-order valence-electron chi connectivity index (χ0n) is 17.1. The topological polar surface area (TPSA) is 87.0 Å². The number of thiazole rings is 1. The van der Waals surface area contributed by atoms with Gasteiger partial charge in [0, 0.05) is 24.4 Å². The van der Waals surface area contributed by atoms with E-state index in [4.69, 9.17) is 9.47 Å². The molecule has 0 saturated heterocycles. The minimum Gasteiger partial charge on any atom is -0.493 e. The first kappa shape index (κ1) is 23.3. The van der Waals surface area contributed by atoms with E-state index in [1.165, 1.54) is 25.6 Å². The molecule has 0 unspecified atom stereocenters. The second-order valence-electron chi connectivity index (χ2n) is 6.42. The maximum atomic E-state index is 13.1. The summed E-state index contributed by atoms with van der Waals surface area (Å²) < 4.78 is 51.5. The second kappa shape index (κ2) is 9.84. The zero-order chi connectivity index (χ0) is 22.6. The fraction of sp³-hybridized carbons (Fsp3) is 0.300. The number of hydrogen-bond donors (Lipinski definition) is 0. The molecule has 0 aliphatic heterocycles. The summed E-state index contributed by atoms with van der Waals surface area (Å²) in [7, 11) is -0.861. The summed E-state index contributed by atoms with van der Waals surface area (Å²) in [5.41, 5.74) is 0.810. The number of thioether (sulfide) groups is 1. The molecule has 0 spiro atoms. The highest BCUT2D eigenvalue weighted by Crippen LogP contribution is 2.33. The van der Waals surface area contributed by atoms with Crippen LogP contribution in [0.3, 0.4) is 0 Å². The smallest absolute Gasteiger partial charge is 0.263 e. The van der Waals surface area contributed by atoms with Crippen LogP contribution in [0.2, 0.25) is 0 Å². The van der Waals surface area contributed by atoms with Crippen LogP contribution in [0, 0.1) is 5.82 Å². The minimum atomic E-state index is -3.94. The van der Waals surface area contributed by atoms with Crippen LogP contribution in [0.15, 0.2) is 46.3 Å². The molecule has 7 nitrogen and oxygen atoms in total. The predicted molar refractivity (Wildman–Crippen MR) is 120 cm³/mol. The van der Waals surface area contributed by atoms with Gasteiger partial charge in [-0.15, -0.1) is 0 Å². The lowest BCUT2D eigenvalue weighted by molar-refractivity contribution is -0.115. The van der Waals surface area contributed by atoms with Crippen molar-refractivity contribution >= 4 is 49.1 Å². The van der Waals surface area contributed by atoms with Crippen molar-refractivity contribution in [1.29, 1.82) is 0 Å². The van der Waals surface area contributed by atoms with Gasteiger partial charge in [0.1, 0.15) is 11.6 Å². The fourth-order valence-electron chi connectivity index (χ4n) is 2.91. The number of benzene rings is 2. The number of ether oxygens (including phenoxy) is 2. The highest BCUT2D eigenvalue weighted by atomic mass is 32.2. The number of nitrogens with zero attached hydrogens (tertiary/aromatic N) is 2. The van der Waals surface area contributed by atoms with Crippen LogP contribution in [0.1, 0.15) is 0 Å². The van der Waals surface area contributed by atoms with Gasteiger partial charge in [-0.05, 0) is 30.5 Å². The summed E-state index contributed by atoms with van der Waals surface area (Å²) in [6, 6.07) is 7.95. The molecule has 3 rings (SSSR count). The Labute approximate surface area is 187 Å². The molecule has 0 bridgehead atoms. The molecule has 2 aromatic carbocycles. The molecular weight excluding hydrogens is 463 g/mol. The van der Waals surface area contributed by atoms with Crippen LogP contribution in [0.5, 0.6) is 11.5 Å². The maximum absolute atomic E-state index is 13.1. The van der Waals surface area contributed by atoms with Gasteiger partial charge in [0.05, 0.1) is 29.3 Å². The molecule has 0 saturated carbocycles. The minimum absolute atomic E-state index is 0.126. The van der Waals surface area contributed by atoms with Crippen molar-refractivity contribution in [2.24, 2.45) is 4.99 Å². The summed E-state index contributed by atoms with van der Waals surface area (Å²) in [6.07, 6.45) is 1.97. The Morgan fingerprint density at radius 1 is 1.16 bits per heavy atom. The number of aromatic nitrogens is 1. The van der Waals surface area contributed by atoms with Crippen molar-refractivity contribution in [3.63, 3.8) is 0 Å². The molecule has 1 amide bonds. The van der Waals surface area contributed by atoms with Gasteiger partial charge >= 0.3 is 0 Å². The first-order valence-corrected chi connectivity index (χ1v) is 13.0. The van der Waals surface area contributed by atoms with E-state index in [1.54, 1.807) is 17.8 Å². The van der Waals surface area contributed by atoms with E-state index in [0.717, 1.165) is 40.2 Å². The summed E-state index contributed by atoms with van der Waals surface area (Å²) in [4.78, 5) is 16.9. The molecule has 0 N–H and O–H groups in total. The van der Waals surface area contributed by atoms with Crippen LogP contribution in [-0.2, 0) is 21.2 Å². The number of sulfone groups is 1. The van der Waals surface area contributed by atoms with Gasteiger partial charge in [0.15, 0.2) is 26.1 Å². The number of carbonyl (C=O) groups is 1. The summed E-state index contributed by atoms with van der Waals surface area (Å²) in [5.74, 6) is -0.293. The fourth-order valence-corrected chi connectivity index (χ4v) is 5.46. The lowest BCUT2D eigenvalue weighted by Gasteiger charge is -2.09. The number of amides is 1. The Bertz CT molecular complexity index is 1260. The SMILES string of the molecule is COc1cc2sc(=NC(=O)CS(=O)(=O)c3ccc(F)cc3)n(CCSC)c2cc1OC. The molecule has 0 aliphatic rings. The molecule has 0 fully saturated rings. The molecule has 0 atom stereocenters. The van der Waals surface area contributed by atoms with Crippen molar-refractivity contribution in [2.45, 2.75) is 11.4 Å². The van der Waals surface area contributed by atoms with Crippen molar-refractivity contribution in [3.05, 3.63) is 47.0 Å². The average molecular weight is 485 g/mol. The first-order valence-electron chi connectivity index (χ1n) is 9.09. The zero-order valence-corrected chi connectivity index (χ0v) is 19.6. The monoisotopic (exact) mass is 484 g/mol. The quantitative estimate of drug-likeness (QED) is 0.457. The van der Waals surface area contributed by atoms with Crippen LogP contribution in [-0.4, -0.2) is 50.9 Å². The summed E-state index contributed by atoms with van der Waals surface area (Å²) in [5, 5.41) is 0. The Balaban J connectivity index is 2.03. The molecule has 1 aromatic heterocycles. The largest absolute Gasteiger partial charge is 0.493 e. The Morgan fingerprint density at radius 3 is 2.42 bits per heavy atom. The van der Waals surface area contributed by atoms with Gasteiger partial charge in [-0.1, -0.05) is 11.3 Å². The number of rotatable bonds is 8. The normalized spacial score (nSPS) is 12.3. The number of carbonyl (C=O) groups excluding carboxylic acids is 1. The molecular formula is C20H21FN2O5S3. The van der Waals surface area contributed by atoms with E-state index >= 15 is 0 Å². The number of hydrogen-bond acceptors (Lipinski definition) is 7. The predicted octanol–water partition coefficient (Wildman–Crippen LogP) is 3.12. The number of fused-ring (bicyclic) bond motifs is 1. The van der Waals surface area contributed by atoms with Crippen LogP contribution in [0.4, 0.5) is 4.39 Å². The molecule has 1 heterocycles. The summed E-state index contributed by atoms with van der Waals surface area (Å²) in [6.45, 7) is 0.577. The Hall–Kier alpha value is -2.37. The van der Waals surface area contributed by atoms with Crippen molar-refractivity contribution in [3.8, 4) is 11.5 Å². The first-order chi connectivity index (χ1) is 14.8. The van der Waals surface area contributed by atoms with E-state index in [0.29, 0.717) is 22.8 Å². The number of aryl methyl sites for hydroxylation is 1. The standard InChI is InChI=1S/C20H21FN2O5S3/c1-27-16-10-15-18(11-17(16)28-2)30-20(23(15)8-9-29-3)22-19(24)12-31(25,26)14-6-4-13(21)5-7-14/h4-7,10-11H,8-9,12H2,1-3H3. The molecule has 0 radical (unpaired) electrons. The number of halogens is 1. The van der Waals surface area contributed by atoms with Gasteiger partial charge in [0.2, 0.25) is 0 Å². The maximum Gasteiger partial charge on any atom is 0.263 e. The average Bonchev–Trinajstić information content (AvgIpc) is 3.06. The van der Waals surface area contributed by atoms with Crippen LogP contribution >= 0.6 is 23.1 Å². The molecule has 3 aromatic rings. The van der Waals surface area contributed by atoms with Gasteiger partial charge in [-0.25, -0.2) is 12.8 Å². The lowest BCUT2D eigenvalue weighted by Crippen LogP contribution is -2.21. The third kappa shape index (κ3) is 5.28. The van der Waals surface area contributed by atoms with Crippen molar-refractivity contribution < 1.29 is 27.1 Å². The summed E-state index contributed by atoms with van der Waals surface area (Å²) >= 11 is 2.90. The molecule has 11 heteroatoms. The van der Waals surface area contributed by atoms with Gasteiger partial charge in [0.25, 0.3) is 5.91 Å². The van der Waals surface area contributed by atoms with Gasteiger partial charge in [-0.2, -0.15) is 16.8 Å². The highest BCUT2D eigenvalue weighted by Gasteiger charge is 2.20. The molecule has 0 aliphatic carbocycles. The molecule has 166 valence electrons. The highest BCUT2D eigenvalue weighted by molar-refractivity contribution is 7.98. The molecule has 31 heavy (non-hydrogen) atoms. The van der Waals surface area contributed by atoms with Crippen LogP contribution < -0.4 is 14.3 Å². The van der Waals surface area contributed by atoms with Crippen LogP contribution in [0.25, 0.3) is 10.2 Å². The second-order valence-corrected chi connectivity index (χ2v) is 10.4. The van der Waals surface area contributed by atoms with Crippen molar-refractivity contribution in [1.82, 2.24) is 4.57 Å². The third-order valence-corrected chi connectivity index (χ3v) is 7.66. The Kier molecular flexibility index (Phi) is 7.39. The lowest BCUT2D eigenvalue weighted by atomic mass is 10.3. The van der Waals surface area contributed by atoms with E-state index < -0.39 is 27.3 Å². The third-order valence-electron chi connectivity index (χ3n) is 4.41.